The average Bonchev–Trinajstić information content (AvgIpc) is 2.91. The van der Waals surface area contributed by atoms with Crippen LogP contribution in [-0.4, -0.2) is 51.5 Å². The molecule has 120 valence electrons. The second-order valence-corrected chi connectivity index (χ2v) is 6.47. The normalized spacial score (nSPS) is 30.4. The van der Waals surface area contributed by atoms with Gasteiger partial charge in [0.2, 0.25) is 0 Å². The van der Waals surface area contributed by atoms with Gasteiger partial charge in [0.1, 0.15) is 0 Å². The SMILES string of the molecule is C/N=C1\CCC2(c3ccc(OC)c(OC)c3)CCN(C)C2C1. The van der Waals surface area contributed by atoms with E-state index in [9.17, 15) is 0 Å². The van der Waals surface area contributed by atoms with Gasteiger partial charge < -0.3 is 14.4 Å². The number of methoxy groups -OCH3 is 2. The van der Waals surface area contributed by atoms with Gasteiger partial charge >= 0.3 is 0 Å². The van der Waals surface area contributed by atoms with Gasteiger partial charge in [-0.3, -0.25) is 4.99 Å². The molecule has 4 heteroatoms. The smallest absolute Gasteiger partial charge is 0.161 e. The van der Waals surface area contributed by atoms with Crippen LogP contribution in [0, 0.1) is 0 Å². The predicted molar refractivity (Wildman–Crippen MR) is 89.5 cm³/mol. The lowest BCUT2D eigenvalue weighted by Gasteiger charge is -2.42. The minimum atomic E-state index is 0.225. The first kappa shape index (κ1) is 15.3. The molecule has 22 heavy (non-hydrogen) atoms. The molecule has 1 saturated heterocycles. The van der Waals surface area contributed by atoms with Crippen LogP contribution in [0.25, 0.3) is 0 Å². The van der Waals surface area contributed by atoms with E-state index in [1.54, 1.807) is 14.2 Å². The Kier molecular flexibility index (Phi) is 4.13. The van der Waals surface area contributed by atoms with Crippen molar-refractivity contribution in [1.82, 2.24) is 4.90 Å². The van der Waals surface area contributed by atoms with Crippen LogP contribution in [0.5, 0.6) is 11.5 Å². The molecule has 0 radical (unpaired) electrons. The van der Waals surface area contributed by atoms with Crippen molar-refractivity contribution < 1.29 is 9.47 Å². The number of fused-ring (bicyclic) bond motifs is 1. The molecule has 2 fully saturated rings. The number of rotatable bonds is 3. The van der Waals surface area contributed by atoms with E-state index in [1.807, 2.05) is 13.1 Å². The molecule has 0 amide bonds. The number of ether oxygens (including phenoxy) is 2. The van der Waals surface area contributed by atoms with Crippen LogP contribution in [0.3, 0.4) is 0 Å². The molecule has 1 aliphatic carbocycles. The van der Waals surface area contributed by atoms with Gasteiger partial charge in [0.05, 0.1) is 14.2 Å². The van der Waals surface area contributed by atoms with Gasteiger partial charge in [0.25, 0.3) is 0 Å². The van der Waals surface area contributed by atoms with Gasteiger partial charge in [-0.05, 0) is 50.6 Å². The van der Waals surface area contributed by atoms with E-state index < -0.39 is 0 Å². The second-order valence-electron chi connectivity index (χ2n) is 6.47. The molecule has 0 aromatic heterocycles. The minimum Gasteiger partial charge on any atom is -0.493 e. The van der Waals surface area contributed by atoms with E-state index in [0.717, 1.165) is 30.9 Å². The molecule has 1 aromatic rings. The number of hydrogen-bond acceptors (Lipinski definition) is 4. The van der Waals surface area contributed by atoms with Crippen molar-refractivity contribution in [3.05, 3.63) is 23.8 Å². The number of hydrogen-bond donors (Lipinski definition) is 0. The second kappa shape index (κ2) is 5.92. The number of benzene rings is 1. The highest BCUT2D eigenvalue weighted by Crippen LogP contribution is 2.49. The number of likely N-dealkylation sites (tertiary alicyclic amines) is 1. The highest BCUT2D eigenvalue weighted by atomic mass is 16.5. The molecular weight excluding hydrogens is 276 g/mol. The van der Waals surface area contributed by atoms with E-state index >= 15 is 0 Å². The van der Waals surface area contributed by atoms with Gasteiger partial charge in [-0.1, -0.05) is 6.07 Å². The van der Waals surface area contributed by atoms with Crippen molar-refractivity contribution in [2.24, 2.45) is 4.99 Å². The van der Waals surface area contributed by atoms with E-state index in [1.165, 1.54) is 24.1 Å². The van der Waals surface area contributed by atoms with Crippen LogP contribution in [-0.2, 0) is 5.41 Å². The van der Waals surface area contributed by atoms with E-state index in [2.05, 4.69) is 29.1 Å². The highest BCUT2D eigenvalue weighted by molar-refractivity contribution is 5.86. The average molecular weight is 302 g/mol. The molecule has 2 unspecified atom stereocenters. The zero-order valence-corrected chi connectivity index (χ0v) is 14.1. The number of likely N-dealkylation sites (N-methyl/N-ethyl adjacent to an activating group) is 1. The summed E-state index contributed by atoms with van der Waals surface area (Å²) in [6.07, 6.45) is 4.57. The summed E-state index contributed by atoms with van der Waals surface area (Å²) >= 11 is 0. The summed E-state index contributed by atoms with van der Waals surface area (Å²) in [5.74, 6) is 1.63. The monoisotopic (exact) mass is 302 g/mol. The molecule has 2 atom stereocenters. The van der Waals surface area contributed by atoms with Crippen LogP contribution >= 0.6 is 0 Å². The summed E-state index contributed by atoms with van der Waals surface area (Å²) in [7, 11) is 7.56. The molecule has 3 rings (SSSR count). The third kappa shape index (κ3) is 2.30. The predicted octanol–water partition coefficient (Wildman–Crippen LogP) is 2.90. The van der Waals surface area contributed by atoms with Crippen molar-refractivity contribution in [1.29, 1.82) is 0 Å². The van der Waals surface area contributed by atoms with E-state index in [-0.39, 0.29) is 5.41 Å². The number of nitrogens with zero attached hydrogens (tertiary/aromatic N) is 2. The molecule has 0 N–H and O–H groups in total. The Bertz CT molecular complexity index is 584. The molecule has 4 nitrogen and oxygen atoms in total. The van der Waals surface area contributed by atoms with Gasteiger partial charge in [0.15, 0.2) is 11.5 Å². The first-order valence-corrected chi connectivity index (χ1v) is 8.02. The lowest BCUT2D eigenvalue weighted by Crippen LogP contribution is -2.46. The summed E-state index contributed by atoms with van der Waals surface area (Å²) < 4.78 is 10.9. The molecular formula is C18H26N2O2. The summed E-state index contributed by atoms with van der Waals surface area (Å²) in [5.41, 5.74) is 2.96. The van der Waals surface area contributed by atoms with Crippen LogP contribution in [0.1, 0.15) is 31.2 Å². The highest BCUT2D eigenvalue weighted by Gasteiger charge is 2.49. The fourth-order valence-corrected chi connectivity index (χ4v) is 4.29. The third-order valence-corrected chi connectivity index (χ3v) is 5.64. The minimum absolute atomic E-state index is 0.225. The van der Waals surface area contributed by atoms with Gasteiger partial charge in [-0.2, -0.15) is 0 Å². The van der Waals surface area contributed by atoms with E-state index in [0.29, 0.717) is 6.04 Å². The van der Waals surface area contributed by atoms with Crippen molar-refractivity contribution in [3.63, 3.8) is 0 Å². The molecule has 1 saturated carbocycles. The first-order valence-electron chi connectivity index (χ1n) is 8.02. The Morgan fingerprint density at radius 1 is 1.18 bits per heavy atom. The molecule has 1 heterocycles. The molecule has 0 spiro atoms. The first-order chi connectivity index (χ1) is 10.6. The van der Waals surface area contributed by atoms with E-state index in [4.69, 9.17) is 9.47 Å². The fraction of sp³-hybridized carbons (Fsp3) is 0.611. The Hall–Kier alpha value is -1.55. The molecule has 1 aromatic carbocycles. The summed E-state index contributed by atoms with van der Waals surface area (Å²) in [5, 5.41) is 0. The maximum absolute atomic E-state index is 5.52. The topological polar surface area (TPSA) is 34.1 Å². The number of aliphatic imine (C=N–C) groups is 1. The van der Waals surface area contributed by atoms with Crippen molar-refractivity contribution in [2.75, 3.05) is 34.9 Å². The summed E-state index contributed by atoms with van der Waals surface area (Å²) in [6.45, 7) is 1.15. The quantitative estimate of drug-likeness (QED) is 0.861. The maximum Gasteiger partial charge on any atom is 0.161 e. The Balaban J connectivity index is 2.01. The Morgan fingerprint density at radius 2 is 1.95 bits per heavy atom. The molecule has 1 aliphatic heterocycles. The molecule has 0 bridgehead atoms. The Morgan fingerprint density at radius 3 is 2.64 bits per heavy atom. The largest absolute Gasteiger partial charge is 0.493 e. The van der Waals surface area contributed by atoms with Crippen molar-refractivity contribution >= 4 is 5.71 Å². The van der Waals surface area contributed by atoms with Crippen LogP contribution in [0.15, 0.2) is 23.2 Å². The van der Waals surface area contributed by atoms with Crippen molar-refractivity contribution in [3.8, 4) is 11.5 Å². The maximum atomic E-state index is 5.52. The van der Waals surface area contributed by atoms with Gasteiger partial charge in [-0.25, -0.2) is 0 Å². The summed E-state index contributed by atoms with van der Waals surface area (Å²) in [4.78, 5) is 6.97. The lowest BCUT2D eigenvalue weighted by molar-refractivity contribution is 0.226. The van der Waals surface area contributed by atoms with Crippen LogP contribution in [0.4, 0.5) is 0 Å². The standard InChI is InChI=1S/C18H26N2O2/c1-19-14-7-8-18(9-10-20(2)17(18)12-14)13-5-6-15(21-3)16(11-13)22-4/h5-6,11,17H,7-10,12H2,1-4H3/b19-14+. The Labute approximate surface area is 133 Å². The van der Waals surface area contributed by atoms with Crippen LogP contribution < -0.4 is 9.47 Å². The molecule has 2 aliphatic rings. The van der Waals surface area contributed by atoms with Gasteiger partial charge in [-0.15, -0.1) is 0 Å². The zero-order valence-electron chi connectivity index (χ0n) is 14.1. The van der Waals surface area contributed by atoms with Crippen molar-refractivity contribution in [2.45, 2.75) is 37.1 Å². The fourth-order valence-electron chi connectivity index (χ4n) is 4.29. The zero-order chi connectivity index (χ0) is 15.7. The third-order valence-electron chi connectivity index (χ3n) is 5.64. The van der Waals surface area contributed by atoms with Gasteiger partial charge in [0, 0.05) is 30.6 Å². The lowest BCUT2D eigenvalue weighted by atomic mass is 9.65. The summed E-state index contributed by atoms with van der Waals surface area (Å²) in [6, 6.07) is 6.99. The van der Waals surface area contributed by atoms with Crippen LogP contribution in [0.2, 0.25) is 0 Å².